The molecule has 23 heavy (non-hydrogen) atoms. The number of hydrogen-bond acceptors (Lipinski definition) is 3. The molecule has 2 heterocycles. The van der Waals surface area contributed by atoms with Crippen molar-refractivity contribution in [3.05, 3.63) is 75.1 Å². The van der Waals surface area contributed by atoms with Gasteiger partial charge in [-0.1, -0.05) is 48.0 Å². The second-order valence-corrected chi connectivity index (χ2v) is 5.91. The molecule has 2 aromatic carbocycles. The van der Waals surface area contributed by atoms with E-state index in [1.54, 1.807) is 0 Å². The van der Waals surface area contributed by atoms with Gasteiger partial charge in [-0.3, -0.25) is 4.79 Å². The third kappa shape index (κ3) is 2.32. The Morgan fingerprint density at radius 1 is 1.09 bits per heavy atom. The van der Waals surface area contributed by atoms with Crippen LogP contribution in [0.15, 0.2) is 47.3 Å². The molecule has 0 radical (unpaired) electrons. The van der Waals surface area contributed by atoms with Crippen LogP contribution in [-0.4, -0.2) is 9.97 Å². The maximum absolute atomic E-state index is 12.4. The lowest BCUT2D eigenvalue weighted by atomic mass is 10.0. The van der Waals surface area contributed by atoms with Gasteiger partial charge in [-0.2, -0.15) is 4.98 Å². The van der Waals surface area contributed by atoms with E-state index in [-0.39, 0.29) is 5.56 Å². The van der Waals surface area contributed by atoms with Crippen molar-refractivity contribution in [1.29, 1.82) is 0 Å². The summed E-state index contributed by atoms with van der Waals surface area (Å²) in [5.41, 5.74) is 4.54. The third-order valence-corrected chi connectivity index (χ3v) is 4.16. The van der Waals surface area contributed by atoms with Crippen LogP contribution in [0.3, 0.4) is 0 Å². The van der Waals surface area contributed by atoms with Crippen molar-refractivity contribution in [2.75, 3.05) is 0 Å². The molecule has 0 spiro atoms. The number of aromatic nitrogens is 2. The molecule has 0 saturated heterocycles. The van der Waals surface area contributed by atoms with Gasteiger partial charge in [-0.15, -0.1) is 0 Å². The zero-order valence-electron chi connectivity index (χ0n) is 13.0. The fraction of sp³-hybridized carbons (Fsp3) is 0.158. The van der Waals surface area contributed by atoms with Crippen molar-refractivity contribution in [3.8, 4) is 23.0 Å². The van der Waals surface area contributed by atoms with Crippen LogP contribution < -0.4 is 10.3 Å². The lowest BCUT2D eigenvalue weighted by molar-refractivity contribution is 0.435. The molecule has 0 amide bonds. The molecule has 1 N–H and O–H groups in total. The summed E-state index contributed by atoms with van der Waals surface area (Å²) in [6.07, 6.45) is 0.545. The quantitative estimate of drug-likeness (QED) is 0.582. The zero-order valence-corrected chi connectivity index (χ0v) is 13.0. The number of hydrogen-bond donors (Lipinski definition) is 1. The van der Waals surface area contributed by atoms with Gasteiger partial charge in [-0.25, -0.2) is 0 Å². The molecule has 4 heteroatoms. The van der Waals surface area contributed by atoms with Crippen LogP contribution in [-0.2, 0) is 6.42 Å². The average molecular weight is 304 g/mol. The van der Waals surface area contributed by atoms with Crippen LogP contribution in [0.4, 0.5) is 0 Å². The van der Waals surface area contributed by atoms with Gasteiger partial charge in [0.25, 0.3) is 5.56 Å². The molecule has 0 bridgehead atoms. The van der Waals surface area contributed by atoms with E-state index in [2.05, 4.69) is 9.97 Å². The molecule has 0 atom stereocenters. The van der Waals surface area contributed by atoms with Crippen LogP contribution in [0.1, 0.15) is 22.3 Å². The minimum absolute atomic E-state index is 0.141. The van der Waals surface area contributed by atoms with Crippen LogP contribution in [0.25, 0.3) is 11.4 Å². The van der Waals surface area contributed by atoms with E-state index in [1.807, 2.05) is 56.3 Å². The lowest BCUT2D eigenvalue weighted by Crippen LogP contribution is -2.20. The Morgan fingerprint density at radius 2 is 1.87 bits per heavy atom. The average Bonchev–Trinajstić information content (AvgIpc) is 2.55. The Morgan fingerprint density at radius 3 is 2.65 bits per heavy atom. The summed E-state index contributed by atoms with van der Waals surface area (Å²) in [5.74, 6) is 1.75. The van der Waals surface area contributed by atoms with Crippen molar-refractivity contribution in [3.63, 3.8) is 0 Å². The molecular formula is C19H16N2O2. The first kappa shape index (κ1) is 13.8. The summed E-state index contributed by atoms with van der Waals surface area (Å²) < 4.78 is 5.94. The van der Waals surface area contributed by atoms with Gasteiger partial charge < -0.3 is 9.72 Å². The van der Waals surface area contributed by atoms with Crippen molar-refractivity contribution >= 4 is 0 Å². The number of aromatic amines is 1. The smallest absolute Gasteiger partial charge is 0.258 e. The summed E-state index contributed by atoms with van der Waals surface area (Å²) in [6, 6.07) is 13.8. The van der Waals surface area contributed by atoms with Crippen molar-refractivity contribution in [1.82, 2.24) is 9.97 Å². The fourth-order valence-corrected chi connectivity index (χ4v) is 2.85. The molecule has 0 saturated carbocycles. The van der Waals surface area contributed by atoms with Crippen LogP contribution in [0, 0.1) is 13.8 Å². The number of nitrogens with one attached hydrogen (secondary N) is 1. The zero-order chi connectivity index (χ0) is 16.0. The van der Waals surface area contributed by atoms with E-state index in [1.165, 1.54) is 0 Å². The van der Waals surface area contributed by atoms with Gasteiger partial charge >= 0.3 is 0 Å². The van der Waals surface area contributed by atoms with Crippen LogP contribution in [0.5, 0.6) is 11.6 Å². The number of benzene rings is 2. The van der Waals surface area contributed by atoms with Gasteiger partial charge in [-0.05, 0) is 25.0 Å². The van der Waals surface area contributed by atoms with Crippen LogP contribution >= 0.6 is 0 Å². The fourth-order valence-electron chi connectivity index (χ4n) is 2.85. The highest BCUT2D eigenvalue weighted by Crippen LogP contribution is 2.36. The molecule has 1 aliphatic heterocycles. The monoisotopic (exact) mass is 304 g/mol. The second-order valence-electron chi connectivity index (χ2n) is 5.91. The lowest BCUT2D eigenvalue weighted by Gasteiger charge is -2.20. The standard InChI is InChI=1S/C19H16N2O2/c1-11-6-8-13(9-7-11)17-20-18(22)15-10-14-5-3-4-12(2)16(14)23-19(15)21-17/h3-9H,10H2,1-2H3,(H,20,21,22). The number of aryl methyl sites for hydroxylation is 2. The van der Waals surface area contributed by atoms with Gasteiger partial charge in [0.2, 0.25) is 5.88 Å². The van der Waals surface area contributed by atoms with Gasteiger partial charge in [0.1, 0.15) is 11.6 Å². The van der Waals surface area contributed by atoms with Gasteiger partial charge in [0, 0.05) is 12.0 Å². The molecule has 1 aliphatic rings. The summed E-state index contributed by atoms with van der Waals surface area (Å²) in [5, 5.41) is 0. The Hall–Kier alpha value is -2.88. The second kappa shape index (κ2) is 5.09. The third-order valence-electron chi connectivity index (χ3n) is 4.16. The number of nitrogens with zero attached hydrogens (tertiary/aromatic N) is 1. The van der Waals surface area contributed by atoms with Gasteiger partial charge in [0.05, 0.1) is 5.56 Å². The molecule has 0 fully saturated rings. The first-order valence-electron chi connectivity index (χ1n) is 7.58. The minimum atomic E-state index is -0.141. The predicted molar refractivity (Wildman–Crippen MR) is 89.1 cm³/mol. The van der Waals surface area contributed by atoms with E-state index < -0.39 is 0 Å². The van der Waals surface area contributed by atoms with E-state index in [0.717, 1.165) is 28.0 Å². The largest absolute Gasteiger partial charge is 0.438 e. The maximum Gasteiger partial charge on any atom is 0.258 e. The van der Waals surface area contributed by atoms with E-state index in [9.17, 15) is 4.79 Å². The minimum Gasteiger partial charge on any atom is -0.438 e. The molecular weight excluding hydrogens is 288 g/mol. The number of ether oxygens (including phenoxy) is 1. The van der Waals surface area contributed by atoms with Crippen molar-refractivity contribution < 1.29 is 4.74 Å². The summed E-state index contributed by atoms with van der Waals surface area (Å²) in [7, 11) is 0. The van der Waals surface area contributed by atoms with Gasteiger partial charge in [0.15, 0.2) is 0 Å². The Balaban J connectivity index is 1.83. The summed E-state index contributed by atoms with van der Waals surface area (Å²) >= 11 is 0. The molecule has 114 valence electrons. The molecule has 0 aliphatic carbocycles. The summed E-state index contributed by atoms with van der Waals surface area (Å²) in [6.45, 7) is 4.02. The molecule has 0 unspecified atom stereocenters. The first-order valence-corrected chi connectivity index (χ1v) is 7.58. The molecule has 4 rings (SSSR count). The normalized spacial score (nSPS) is 12.3. The van der Waals surface area contributed by atoms with Crippen molar-refractivity contribution in [2.45, 2.75) is 20.3 Å². The van der Waals surface area contributed by atoms with E-state index in [4.69, 9.17) is 4.74 Å². The highest BCUT2D eigenvalue weighted by atomic mass is 16.5. The Kier molecular flexibility index (Phi) is 3.05. The maximum atomic E-state index is 12.4. The van der Waals surface area contributed by atoms with Crippen LogP contribution in [0.2, 0.25) is 0 Å². The topological polar surface area (TPSA) is 55.0 Å². The number of fused-ring (bicyclic) bond motifs is 2. The highest BCUT2D eigenvalue weighted by Gasteiger charge is 2.23. The highest BCUT2D eigenvalue weighted by molar-refractivity contribution is 5.58. The number of para-hydroxylation sites is 1. The van der Waals surface area contributed by atoms with Crippen molar-refractivity contribution in [2.24, 2.45) is 0 Å². The number of H-pyrrole nitrogens is 1. The Labute approximate surface area is 133 Å². The molecule has 1 aromatic heterocycles. The number of rotatable bonds is 1. The first-order chi connectivity index (χ1) is 11.1. The molecule has 3 aromatic rings. The Bertz CT molecular complexity index is 956. The summed E-state index contributed by atoms with van der Waals surface area (Å²) in [4.78, 5) is 19.9. The molecule has 4 nitrogen and oxygen atoms in total. The SMILES string of the molecule is Cc1ccc(-c2nc3c(c(=O)[nH]2)Cc2cccc(C)c2O3)cc1. The van der Waals surface area contributed by atoms with E-state index in [0.29, 0.717) is 23.7 Å². The van der Waals surface area contributed by atoms with E-state index >= 15 is 0 Å². The predicted octanol–water partition coefficient (Wildman–Crippen LogP) is 3.75.